The van der Waals surface area contributed by atoms with Crippen molar-refractivity contribution in [1.82, 2.24) is 9.80 Å². The van der Waals surface area contributed by atoms with Crippen LogP contribution in [0.1, 0.15) is 51.0 Å². The van der Waals surface area contributed by atoms with E-state index in [-0.39, 0.29) is 11.8 Å². The van der Waals surface area contributed by atoms with E-state index >= 15 is 0 Å². The van der Waals surface area contributed by atoms with Crippen LogP contribution >= 0.6 is 0 Å². The first kappa shape index (κ1) is 23.1. The highest BCUT2D eigenvalue weighted by molar-refractivity contribution is 6.35. The molecule has 5 heteroatoms. The number of carbonyl (C=O) groups excluding carboxylic acids is 2. The molecule has 4 rings (SSSR count). The van der Waals surface area contributed by atoms with Gasteiger partial charge >= 0.3 is 0 Å². The maximum absolute atomic E-state index is 13.5. The van der Waals surface area contributed by atoms with Gasteiger partial charge in [-0.05, 0) is 24.1 Å². The first-order chi connectivity index (χ1) is 16.2. The molecule has 2 aromatic carbocycles. The highest BCUT2D eigenvalue weighted by Crippen LogP contribution is 2.33. The molecule has 2 aromatic rings. The summed E-state index contributed by atoms with van der Waals surface area (Å²) in [7, 11) is 0. The first-order valence-electron chi connectivity index (χ1n) is 12.4. The lowest BCUT2D eigenvalue weighted by Crippen LogP contribution is -2.47. The van der Waals surface area contributed by atoms with Crippen LogP contribution in [-0.4, -0.2) is 54.3 Å². The number of carbonyl (C=O) groups is 2. The van der Waals surface area contributed by atoms with E-state index in [2.05, 4.69) is 41.0 Å². The van der Waals surface area contributed by atoms with E-state index in [1.807, 2.05) is 36.4 Å². The van der Waals surface area contributed by atoms with Gasteiger partial charge in [0.25, 0.3) is 11.8 Å². The van der Waals surface area contributed by atoms with Crippen molar-refractivity contribution >= 4 is 23.1 Å². The van der Waals surface area contributed by atoms with Crippen molar-refractivity contribution in [2.75, 3.05) is 37.6 Å². The Morgan fingerprint density at radius 3 is 1.91 bits per heavy atom. The number of benzene rings is 2. The van der Waals surface area contributed by atoms with E-state index in [1.54, 1.807) is 0 Å². The third-order valence-corrected chi connectivity index (χ3v) is 6.66. The smallest absolute Gasteiger partial charge is 0.277 e. The Balaban J connectivity index is 1.49. The van der Waals surface area contributed by atoms with Gasteiger partial charge in [-0.25, -0.2) is 0 Å². The summed E-state index contributed by atoms with van der Waals surface area (Å²) in [5.41, 5.74) is 3.19. The number of amides is 2. The second-order valence-corrected chi connectivity index (χ2v) is 8.93. The number of rotatable bonds is 10. The number of hydrogen-bond acceptors (Lipinski definition) is 4. The number of anilines is 1. The topological polar surface area (TPSA) is 43.9 Å². The Bertz CT molecular complexity index is 963. The SMILES string of the molecule is CCCCCCCCN1C(=O)C(c2ccccc2)=C(N2CCN(c3ccccc3)CC2)C1=O. The average molecular weight is 446 g/mol. The summed E-state index contributed by atoms with van der Waals surface area (Å²) in [6.07, 6.45) is 6.79. The van der Waals surface area contributed by atoms with E-state index in [1.165, 1.54) is 29.8 Å². The molecule has 174 valence electrons. The number of hydrogen-bond donors (Lipinski definition) is 0. The second-order valence-electron chi connectivity index (χ2n) is 8.93. The van der Waals surface area contributed by atoms with Gasteiger partial charge in [0.05, 0.1) is 5.57 Å². The van der Waals surface area contributed by atoms with Crippen LogP contribution in [0.5, 0.6) is 0 Å². The molecular weight excluding hydrogens is 410 g/mol. The lowest BCUT2D eigenvalue weighted by atomic mass is 10.0. The summed E-state index contributed by atoms with van der Waals surface area (Å²) in [4.78, 5) is 32.9. The molecule has 2 aliphatic heterocycles. The maximum atomic E-state index is 13.5. The average Bonchev–Trinajstić information content (AvgIpc) is 3.12. The molecule has 2 heterocycles. The van der Waals surface area contributed by atoms with Gasteiger partial charge in [-0.2, -0.15) is 0 Å². The largest absolute Gasteiger partial charge is 0.368 e. The minimum atomic E-state index is -0.139. The molecule has 0 aliphatic carbocycles. The summed E-state index contributed by atoms with van der Waals surface area (Å²) < 4.78 is 0. The van der Waals surface area contributed by atoms with E-state index in [0.717, 1.165) is 51.0 Å². The summed E-state index contributed by atoms with van der Waals surface area (Å²) in [6, 6.07) is 20.1. The van der Waals surface area contributed by atoms with Crippen LogP contribution in [0.25, 0.3) is 5.57 Å². The fourth-order valence-corrected chi connectivity index (χ4v) is 4.80. The third kappa shape index (κ3) is 5.29. The van der Waals surface area contributed by atoms with Crippen LogP contribution in [0.2, 0.25) is 0 Å². The van der Waals surface area contributed by atoms with Crippen molar-refractivity contribution in [1.29, 1.82) is 0 Å². The van der Waals surface area contributed by atoms with Crippen LogP contribution in [0, 0.1) is 0 Å². The number of nitrogens with zero attached hydrogens (tertiary/aromatic N) is 3. The Hall–Kier alpha value is -3.08. The highest BCUT2D eigenvalue weighted by Gasteiger charge is 2.41. The van der Waals surface area contributed by atoms with Crippen molar-refractivity contribution in [2.24, 2.45) is 0 Å². The van der Waals surface area contributed by atoms with Crippen molar-refractivity contribution in [3.8, 4) is 0 Å². The fourth-order valence-electron chi connectivity index (χ4n) is 4.80. The van der Waals surface area contributed by atoms with Gasteiger partial charge in [0.15, 0.2) is 0 Å². The van der Waals surface area contributed by atoms with Crippen molar-refractivity contribution in [3.63, 3.8) is 0 Å². The quantitative estimate of drug-likeness (QED) is 0.383. The molecule has 33 heavy (non-hydrogen) atoms. The number of para-hydroxylation sites is 1. The monoisotopic (exact) mass is 445 g/mol. The molecule has 1 fully saturated rings. The van der Waals surface area contributed by atoms with Gasteiger partial charge in [0.1, 0.15) is 5.70 Å². The van der Waals surface area contributed by atoms with Gasteiger partial charge < -0.3 is 9.80 Å². The van der Waals surface area contributed by atoms with Crippen LogP contribution < -0.4 is 4.90 Å². The molecule has 2 amide bonds. The first-order valence-corrected chi connectivity index (χ1v) is 12.4. The number of imide groups is 1. The number of piperazine rings is 1. The third-order valence-electron chi connectivity index (χ3n) is 6.66. The van der Waals surface area contributed by atoms with Crippen molar-refractivity contribution < 1.29 is 9.59 Å². The van der Waals surface area contributed by atoms with Gasteiger partial charge in [0, 0.05) is 38.4 Å². The summed E-state index contributed by atoms with van der Waals surface area (Å²) in [5, 5.41) is 0. The van der Waals surface area contributed by atoms with E-state index in [0.29, 0.717) is 17.8 Å². The molecule has 0 aromatic heterocycles. The molecule has 0 atom stereocenters. The lowest BCUT2D eigenvalue weighted by Gasteiger charge is -2.37. The highest BCUT2D eigenvalue weighted by atomic mass is 16.2. The van der Waals surface area contributed by atoms with Crippen LogP contribution in [0.15, 0.2) is 66.4 Å². The molecule has 2 aliphatic rings. The Kier molecular flexibility index (Phi) is 7.82. The standard InChI is InChI=1S/C28H35N3O2/c1-2-3-4-5-6-13-18-31-27(32)25(23-14-9-7-10-15-23)26(28(31)33)30-21-19-29(20-22-30)24-16-11-8-12-17-24/h7-12,14-17H,2-6,13,18-22H2,1H3. The zero-order valence-electron chi connectivity index (χ0n) is 19.7. The molecular formula is C28H35N3O2. The zero-order chi connectivity index (χ0) is 23.0. The van der Waals surface area contributed by atoms with Gasteiger partial charge in [-0.15, -0.1) is 0 Å². The Morgan fingerprint density at radius 1 is 0.667 bits per heavy atom. The maximum Gasteiger partial charge on any atom is 0.277 e. The van der Waals surface area contributed by atoms with E-state index < -0.39 is 0 Å². The fraction of sp³-hybridized carbons (Fsp3) is 0.429. The molecule has 0 bridgehead atoms. The minimum Gasteiger partial charge on any atom is -0.368 e. The van der Waals surface area contributed by atoms with Crippen molar-refractivity contribution in [3.05, 3.63) is 71.9 Å². The zero-order valence-corrected chi connectivity index (χ0v) is 19.7. The summed E-state index contributed by atoms with van der Waals surface area (Å²) in [6.45, 7) is 5.82. The van der Waals surface area contributed by atoms with Crippen LogP contribution in [-0.2, 0) is 9.59 Å². The van der Waals surface area contributed by atoms with Crippen LogP contribution in [0.4, 0.5) is 5.69 Å². The molecule has 5 nitrogen and oxygen atoms in total. The Morgan fingerprint density at radius 2 is 1.24 bits per heavy atom. The summed E-state index contributed by atoms with van der Waals surface area (Å²) in [5.74, 6) is -0.263. The summed E-state index contributed by atoms with van der Waals surface area (Å²) >= 11 is 0. The lowest BCUT2D eigenvalue weighted by molar-refractivity contribution is -0.137. The van der Waals surface area contributed by atoms with Gasteiger partial charge in [0.2, 0.25) is 0 Å². The predicted molar refractivity (Wildman–Crippen MR) is 134 cm³/mol. The second kappa shape index (κ2) is 11.2. The van der Waals surface area contributed by atoms with Gasteiger partial charge in [-0.3, -0.25) is 14.5 Å². The molecule has 0 spiro atoms. The molecule has 1 saturated heterocycles. The van der Waals surface area contributed by atoms with Gasteiger partial charge in [-0.1, -0.05) is 87.6 Å². The van der Waals surface area contributed by atoms with E-state index in [4.69, 9.17) is 0 Å². The van der Waals surface area contributed by atoms with Crippen LogP contribution in [0.3, 0.4) is 0 Å². The predicted octanol–water partition coefficient (Wildman–Crippen LogP) is 4.95. The molecule has 0 radical (unpaired) electrons. The number of unbranched alkanes of at least 4 members (excludes halogenated alkanes) is 5. The molecule has 0 unspecified atom stereocenters. The molecule has 0 saturated carbocycles. The molecule has 0 N–H and O–H groups in total. The van der Waals surface area contributed by atoms with Crippen molar-refractivity contribution in [2.45, 2.75) is 45.4 Å². The Labute approximate surface area is 197 Å². The minimum absolute atomic E-state index is 0.124. The normalized spacial score (nSPS) is 16.8. The van der Waals surface area contributed by atoms with E-state index in [9.17, 15) is 9.59 Å².